The predicted molar refractivity (Wildman–Crippen MR) is 86.1 cm³/mol. The Kier molecular flexibility index (Phi) is 6.59. The normalized spacial score (nSPS) is 9.91. The van der Waals surface area contributed by atoms with Crippen molar-refractivity contribution < 1.29 is 14.3 Å². The molecule has 2 aromatic rings. The number of hydrogen-bond donors (Lipinski definition) is 2. The molecule has 120 valence electrons. The molecule has 0 bridgehead atoms. The van der Waals surface area contributed by atoms with Gasteiger partial charge in [0.2, 0.25) is 5.91 Å². The smallest absolute Gasteiger partial charge is 0.269 e. The van der Waals surface area contributed by atoms with Crippen LogP contribution in [0.3, 0.4) is 0 Å². The summed E-state index contributed by atoms with van der Waals surface area (Å²) in [6.45, 7) is 1.03. The number of carbonyl (C=O) groups excluding carboxylic acids is 2. The maximum atomic E-state index is 11.7. The quantitative estimate of drug-likeness (QED) is 0.722. The number of aromatic nitrogens is 1. The van der Waals surface area contributed by atoms with Crippen LogP contribution in [0.4, 0.5) is 0 Å². The lowest BCUT2D eigenvalue weighted by Gasteiger charge is -2.08. The van der Waals surface area contributed by atoms with Crippen molar-refractivity contribution in [2.75, 3.05) is 19.7 Å². The number of rotatable bonds is 8. The molecule has 2 N–H and O–H groups in total. The number of nitrogens with one attached hydrogen (secondary N) is 2. The molecule has 0 fully saturated rings. The number of nitrogens with zero attached hydrogens (tertiary/aromatic N) is 1. The topological polar surface area (TPSA) is 80.3 Å². The van der Waals surface area contributed by atoms with E-state index in [4.69, 9.17) is 4.74 Å². The Hall–Kier alpha value is -2.89. The molecule has 0 aliphatic heterocycles. The number of hydrogen-bond acceptors (Lipinski definition) is 4. The summed E-state index contributed by atoms with van der Waals surface area (Å²) in [4.78, 5) is 27.3. The molecule has 1 aromatic carbocycles. The highest BCUT2D eigenvalue weighted by molar-refractivity contribution is 5.92. The number of amides is 2. The standard InChI is InChI=1S/C17H19N3O3/c21-16(9-13-23-14-6-2-1-3-7-14)19-11-12-20-17(22)15-8-4-5-10-18-15/h1-8,10H,9,11-13H2,(H,19,21)(H,20,22). The van der Waals surface area contributed by atoms with Crippen LogP contribution < -0.4 is 15.4 Å². The molecular formula is C17H19N3O3. The van der Waals surface area contributed by atoms with E-state index in [0.717, 1.165) is 5.75 Å². The Morgan fingerprint density at radius 1 is 0.957 bits per heavy atom. The monoisotopic (exact) mass is 313 g/mol. The minimum atomic E-state index is -0.257. The summed E-state index contributed by atoms with van der Waals surface area (Å²) >= 11 is 0. The van der Waals surface area contributed by atoms with Gasteiger partial charge in [-0.25, -0.2) is 0 Å². The summed E-state index contributed by atoms with van der Waals surface area (Å²) in [5, 5.41) is 5.41. The summed E-state index contributed by atoms with van der Waals surface area (Å²) < 4.78 is 5.44. The van der Waals surface area contributed by atoms with Crippen LogP contribution in [0.15, 0.2) is 54.7 Å². The van der Waals surface area contributed by atoms with Gasteiger partial charge in [0.1, 0.15) is 11.4 Å². The second-order valence-electron chi connectivity index (χ2n) is 4.73. The fourth-order valence-electron chi connectivity index (χ4n) is 1.83. The molecule has 6 heteroatoms. The first-order valence-electron chi connectivity index (χ1n) is 7.39. The zero-order valence-electron chi connectivity index (χ0n) is 12.7. The lowest BCUT2D eigenvalue weighted by Crippen LogP contribution is -2.35. The summed E-state index contributed by atoms with van der Waals surface area (Å²) in [6.07, 6.45) is 1.83. The van der Waals surface area contributed by atoms with E-state index in [1.165, 1.54) is 0 Å². The lowest BCUT2D eigenvalue weighted by molar-refractivity contribution is -0.121. The molecule has 2 rings (SSSR count). The van der Waals surface area contributed by atoms with E-state index in [-0.39, 0.29) is 18.2 Å². The number of carbonyl (C=O) groups is 2. The maximum Gasteiger partial charge on any atom is 0.269 e. The van der Waals surface area contributed by atoms with Gasteiger partial charge in [0, 0.05) is 19.3 Å². The van der Waals surface area contributed by atoms with Gasteiger partial charge in [0.15, 0.2) is 0 Å². The maximum absolute atomic E-state index is 11.7. The highest BCUT2D eigenvalue weighted by Gasteiger charge is 2.05. The Labute approximate surface area is 134 Å². The van der Waals surface area contributed by atoms with E-state index in [1.54, 1.807) is 24.4 Å². The molecule has 0 aliphatic rings. The third kappa shape index (κ3) is 6.17. The Balaban J connectivity index is 1.55. The van der Waals surface area contributed by atoms with Crippen molar-refractivity contribution in [3.8, 4) is 5.75 Å². The first kappa shape index (κ1) is 16.5. The summed E-state index contributed by atoms with van der Waals surface area (Å²) in [5.74, 6) is 0.364. The van der Waals surface area contributed by atoms with Gasteiger partial charge in [-0.3, -0.25) is 14.6 Å². The van der Waals surface area contributed by atoms with Crippen molar-refractivity contribution in [2.24, 2.45) is 0 Å². The minimum absolute atomic E-state index is 0.118. The summed E-state index contributed by atoms with van der Waals surface area (Å²) in [6, 6.07) is 14.5. The van der Waals surface area contributed by atoms with E-state index in [2.05, 4.69) is 15.6 Å². The largest absolute Gasteiger partial charge is 0.493 e. The van der Waals surface area contributed by atoms with E-state index in [1.807, 2.05) is 30.3 Å². The highest BCUT2D eigenvalue weighted by atomic mass is 16.5. The average molecular weight is 313 g/mol. The SMILES string of the molecule is O=C(CCOc1ccccc1)NCCNC(=O)c1ccccn1. The summed E-state index contributed by atoms with van der Waals surface area (Å²) in [7, 11) is 0. The molecule has 0 spiro atoms. The molecule has 23 heavy (non-hydrogen) atoms. The van der Waals surface area contributed by atoms with E-state index in [9.17, 15) is 9.59 Å². The average Bonchev–Trinajstić information content (AvgIpc) is 2.60. The minimum Gasteiger partial charge on any atom is -0.493 e. The molecule has 0 atom stereocenters. The molecule has 0 radical (unpaired) electrons. The van der Waals surface area contributed by atoms with Crippen LogP contribution in [0.5, 0.6) is 5.75 Å². The number of benzene rings is 1. The Bertz CT molecular complexity index is 617. The van der Waals surface area contributed by atoms with Gasteiger partial charge in [0.25, 0.3) is 5.91 Å². The van der Waals surface area contributed by atoms with Gasteiger partial charge in [0.05, 0.1) is 13.0 Å². The number of para-hydroxylation sites is 1. The summed E-state index contributed by atoms with van der Waals surface area (Å²) in [5.41, 5.74) is 0.357. The number of ether oxygens (including phenoxy) is 1. The van der Waals surface area contributed by atoms with Gasteiger partial charge in [-0.1, -0.05) is 24.3 Å². The first-order valence-corrected chi connectivity index (χ1v) is 7.39. The van der Waals surface area contributed by atoms with Gasteiger partial charge in [-0.2, -0.15) is 0 Å². The highest BCUT2D eigenvalue weighted by Crippen LogP contribution is 2.08. The number of pyridine rings is 1. The van der Waals surface area contributed by atoms with Crippen LogP contribution in [0.25, 0.3) is 0 Å². The second-order valence-corrected chi connectivity index (χ2v) is 4.73. The first-order chi connectivity index (χ1) is 11.3. The van der Waals surface area contributed by atoms with Crippen LogP contribution in [0, 0.1) is 0 Å². The zero-order chi connectivity index (χ0) is 16.3. The molecule has 0 unspecified atom stereocenters. The predicted octanol–water partition coefficient (Wildman–Crippen LogP) is 1.40. The molecule has 0 saturated carbocycles. The van der Waals surface area contributed by atoms with Crippen LogP contribution in [-0.2, 0) is 4.79 Å². The van der Waals surface area contributed by atoms with Crippen LogP contribution in [0.1, 0.15) is 16.9 Å². The van der Waals surface area contributed by atoms with Gasteiger partial charge in [-0.05, 0) is 24.3 Å². The molecule has 1 heterocycles. The van der Waals surface area contributed by atoms with Gasteiger partial charge >= 0.3 is 0 Å². The fraction of sp³-hybridized carbons (Fsp3) is 0.235. The van der Waals surface area contributed by atoms with Crippen LogP contribution in [-0.4, -0.2) is 36.5 Å². The zero-order valence-corrected chi connectivity index (χ0v) is 12.7. The fourth-order valence-corrected chi connectivity index (χ4v) is 1.83. The van der Waals surface area contributed by atoms with Crippen molar-refractivity contribution in [1.82, 2.24) is 15.6 Å². The molecular weight excluding hydrogens is 294 g/mol. The van der Waals surface area contributed by atoms with Crippen molar-refractivity contribution in [3.05, 3.63) is 60.4 Å². The lowest BCUT2D eigenvalue weighted by atomic mass is 10.3. The van der Waals surface area contributed by atoms with Crippen molar-refractivity contribution in [1.29, 1.82) is 0 Å². The van der Waals surface area contributed by atoms with Crippen LogP contribution >= 0.6 is 0 Å². The van der Waals surface area contributed by atoms with E-state index in [0.29, 0.717) is 25.4 Å². The van der Waals surface area contributed by atoms with E-state index < -0.39 is 0 Å². The molecule has 0 aliphatic carbocycles. The van der Waals surface area contributed by atoms with E-state index >= 15 is 0 Å². The van der Waals surface area contributed by atoms with Gasteiger partial charge in [-0.15, -0.1) is 0 Å². The third-order valence-electron chi connectivity index (χ3n) is 2.97. The molecule has 6 nitrogen and oxygen atoms in total. The molecule has 1 aromatic heterocycles. The van der Waals surface area contributed by atoms with Crippen molar-refractivity contribution >= 4 is 11.8 Å². The van der Waals surface area contributed by atoms with Crippen LogP contribution in [0.2, 0.25) is 0 Å². The Morgan fingerprint density at radius 2 is 1.70 bits per heavy atom. The third-order valence-corrected chi connectivity index (χ3v) is 2.97. The molecule has 2 amide bonds. The second kappa shape index (κ2) is 9.19. The Morgan fingerprint density at radius 3 is 2.43 bits per heavy atom. The van der Waals surface area contributed by atoms with Gasteiger partial charge < -0.3 is 15.4 Å². The van der Waals surface area contributed by atoms with Crippen molar-refractivity contribution in [2.45, 2.75) is 6.42 Å². The molecule has 0 saturated heterocycles. The van der Waals surface area contributed by atoms with Crippen molar-refractivity contribution in [3.63, 3.8) is 0 Å².